The van der Waals surface area contributed by atoms with E-state index < -0.39 is 0 Å². The second-order valence-electron chi connectivity index (χ2n) is 2.78. The lowest BCUT2D eigenvalue weighted by Gasteiger charge is -1.95. The summed E-state index contributed by atoms with van der Waals surface area (Å²) < 4.78 is 5.10. The highest BCUT2D eigenvalue weighted by Crippen LogP contribution is 2.14. The zero-order valence-electron chi connectivity index (χ0n) is 7.67. The first kappa shape index (κ1) is 13.7. The Morgan fingerprint density at radius 1 is 1.47 bits per heavy atom. The average molecular weight is 249 g/mol. The molecule has 0 radical (unpaired) electrons. The molecule has 0 saturated heterocycles. The van der Waals surface area contributed by atoms with E-state index in [1.54, 1.807) is 18.5 Å². The molecule has 0 bridgehead atoms. The van der Waals surface area contributed by atoms with Crippen LogP contribution < -0.4 is 5.73 Å². The van der Waals surface area contributed by atoms with E-state index in [9.17, 15) is 4.79 Å². The number of halogens is 2. The van der Waals surface area contributed by atoms with Gasteiger partial charge >= 0.3 is 0 Å². The fourth-order valence-corrected chi connectivity index (χ4v) is 1.19. The largest absolute Gasteiger partial charge is 0.463 e. The predicted octanol–water partition coefficient (Wildman–Crippen LogP) is 1.70. The van der Waals surface area contributed by atoms with Crippen LogP contribution in [0.15, 0.2) is 29.0 Å². The summed E-state index contributed by atoms with van der Waals surface area (Å²) in [5.41, 5.74) is 6.43. The van der Waals surface area contributed by atoms with Crippen molar-refractivity contribution in [3.05, 3.63) is 30.3 Å². The Balaban J connectivity index is 0.000000980. The topological polar surface area (TPSA) is 69.1 Å². The maximum absolute atomic E-state index is 10.6. The maximum Gasteiger partial charge on any atom is 0.223 e. The summed E-state index contributed by atoms with van der Waals surface area (Å²) in [7, 11) is 0. The van der Waals surface area contributed by atoms with Gasteiger partial charge in [-0.3, -0.25) is 9.78 Å². The standard InChI is InChI=1S/C9H8N2O2.2ClH/c10-9(12)4-7-3-6-1-2-13-8(6)5-11-7;;/h1-3,5H,4H2,(H2,10,12);2*1H. The van der Waals surface area contributed by atoms with Gasteiger partial charge in [-0.25, -0.2) is 0 Å². The molecule has 2 aromatic heterocycles. The van der Waals surface area contributed by atoms with E-state index in [4.69, 9.17) is 10.2 Å². The fraction of sp³-hybridized carbons (Fsp3) is 0.111. The molecule has 2 aromatic rings. The molecule has 15 heavy (non-hydrogen) atoms. The average Bonchev–Trinajstić information content (AvgIpc) is 2.49. The Morgan fingerprint density at radius 3 is 2.87 bits per heavy atom. The molecule has 0 aliphatic carbocycles. The van der Waals surface area contributed by atoms with Crippen molar-refractivity contribution in [2.45, 2.75) is 6.42 Å². The van der Waals surface area contributed by atoms with Gasteiger partial charge in [0.05, 0.1) is 24.6 Å². The van der Waals surface area contributed by atoms with Gasteiger partial charge in [0.15, 0.2) is 5.58 Å². The minimum Gasteiger partial charge on any atom is -0.463 e. The van der Waals surface area contributed by atoms with Gasteiger partial charge in [-0.05, 0) is 12.1 Å². The molecular weight excluding hydrogens is 239 g/mol. The van der Waals surface area contributed by atoms with Crippen LogP contribution in [-0.2, 0) is 11.2 Å². The lowest BCUT2D eigenvalue weighted by Crippen LogP contribution is -2.14. The van der Waals surface area contributed by atoms with Gasteiger partial charge in [0.2, 0.25) is 5.91 Å². The summed E-state index contributed by atoms with van der Waals surface area (Å²) in [6.45, 7) is 0. The zero-order chi connectivity index (χ0) is 9.26. The summed E-state index contributed by atoms with van der Waals surface area (Å²) >= 11 is 0. The minimum absolute atomic E-state index is 0. The lowest BCUT2D eigenvalue weighted by atomic mass is 10.2. The number of carbonyl (C=O) groups excluding carboxylic acids is 1. The first-order valence-corrected chi connectivity index (χ1v) is 3.86. The molecule has 0 atom stereocenters. The Morgan fingerprint density at radius 2 is 2.20 bits per heavy atom. The summed E-state index contributed by atoms with van der Waals surface area (Å²) in [6, 6.07) is 3.62. The number of fused-ring (bicyclic) bond motifs is 1. The van der Waals surface area contributed by atoms with Gasteiger partial charge in [0.25, 0.3) is 0 Å². The molecule has 6 heteroatoms. The number of aromatic nitrogens is 1. The van der Waals surface area contributed by atoms with Gasteiger partial charge in [0, 0.05) is 5.39 Å². The number of furan rings is 1. The smallest absolute Gasteiger partial charge is 0.223 e. The third kappa shape index (κ3) is 3.11. The number of amides is 1. The van der Waals surface area contributed by atoms with Gasteiger partial charge in [-0.15, -0.1) is 24.8 Å². The van der Waals surface area contributed by atoms with Gasteiger partial charge in [-0.1, -0.05) is 0 Å². The molecular formula is C9H10Cl2N2O2. The van der Waals surface area contributed by atoms with Gasteiger partial charge in [0.1, 0.15) is 0 Å². The molecule has 0 fully saturated rings. The highest BCUT2D eigenvalue weighted by molar-refractivity contribution is 5.85. The van der Waals surface area contributed by atoms with E-state index in [1.807, 2.05) is 6.07 Å². The number of nitrogens with zero attached hydrogens (tertiary/aromatic N) is 1. The number of primary amides is 1. The van der Waals surface area contributed by atoms with Crippen molar-refractivity contribution in [1.82, 2.24) is 4.98 Å². The predicted molar refractivity (Wildman–Crippen MR) is 61.4 cm³/mol. The zero-order valence-corrected chi connectivity index (χ0v) is 9.31. The van der Waals surface area contributed by atoms with Crippen molar-refractivity contribution in [3.63, 3.8) is 0 Å². The van der Waals surface area contributed by atoms with E-state index in [1.165, 1.54) is 0 Å². The second-order valence-corrected chi connectivity index (χ2v) is 2.78. The summed E-state index contributed by atoms with van der Waals surface area (Å²) in [4.78, 5) is 14.6. The van der Waals surface area contributed by atoms with Crippen LogP contribution in [0.2, 0.25) is 0 Å². The van der Waals surface area contributed by atoms with E-state index in [0.29, 0.717) is 11.3 Å². The maximum atomic E-state index is 10.6. The monoisotopic (exact) mass is 248 g/mol. The molecule has 0 unspecified atom stereocenters. The highest BCUT2D eigenvalue weighted by atomic mass is 35.5. The first-order chi connectivity index (χ1) is 6.25. The number of nitrogens with two attached hydrogens (primary N) is 1. The van der Waals surface area contributed by atoms with E-state index >= 15 is 0 Å². The van der Waals surface area contributed by atoms with Crippen LogP contribution in [0.4, 0.5) is 0 Å². The van der Waals surface area contributed by atoms with Crippen LogP contribution in [0, 0.1) is 0 Å². The molecule has 0 spiro atoms. The third-order valence-corrected chi connectivity index (χ3v) is 1.75. The van der Waals surface area contributed by atoms with Crippen LogP contribution in [0.3, 0.4) is 0 Å². The second kappa shape index (κ2) is 5.58. The minimum atomic E-state index is -0.379. The quantitative estimate of drug-likeness (QED) is 0.880. The number of hydrogen-bond donors (Lipinski definition) is 1. The van der Waals surface area contributed by atoms with Crippen LogP contribution in [0.5, 0.6) is 0 Å². The summed E-state index contributed by atoms with van der Waals surface area (Å²) in [6.07, 6.45) is 3.34. The van der Waals surface area contributed by atoms with Crippen molar-refractivity contribution in [3.8, 4) is 0 Å². The van der Waals surface area contributed by atoms with Gasteiger partial charge < -0.3 is 10.2 Å². The molecule has 0 aliphatic heterocycles. The number of rotatable bonds is 2. The Labute approximate surface area is 98.7 Å². The van der Waals surface area contributed by atoms with E-state index in [0.717, 1.165) is 5.39 Å². The molecule has 4 nitrogen and oxygen atoms in total. The van der Waals surface area contributed by atoms with Crippen molar-refractivity contribution in [2.24, 2.45) is 5.73 Å². The van der Waals surface area contributed by atoms with Crippen LogP contribution in [-0.4, -0.2) is 10.9 Å². The Kier molecular flexibility index (Phi) is 5.11. The molecule has 2 N–H and O–H groups in total. The molecule has 1 amide bonds. The first-order valence-electron chi connectivity index (χ1n) is 3.86. The van der Waals surface area contributed by atoms with Crippen LogP contribution >= 0.6 is 24.8 Å². The van der Waals surface area contributed by atoms with Crippen molar-refractivity contribution in [2.75, 3.05) is 0 Å². The number of carbonyl (C=O) groups is 1. The SMILES string of the molecule is Cl.Cl.NC(=O)Cc1cc2ccoc2cn1. The van der Waals surface area contributed by atoms with Crippen molar-refractivity contribution >= 4 is 41.7 Å². The molecule has 0 saturated carbocycles. The lowest BCUT2D eigenvalue weighted by molar-refractivity contribution is -0.117. The molecule has 0 aromatic carbocycles. The third-order valence-electron chi connectivity index (χ3n) is 1.75. The van der Waals surface area contributed by atoms with Crippen LogP contribution in [0.25, 0.3) is 11.0 Å². The molecule has 2 heterocycles. The Hall–Kier alpha value is -1.26. The van der Waals surface area contributed by atoms with E-state index in [-0.39, 0.29) is 37.1 Å². The van der Waals surface area contributed by atoms with Crippen LogP contribution in [0.1, 0.15) is 5.69 Å². The normalized spacial score (nSPS) is 9.07. The fourth-order valence-electron chi connectivity index (χ4n) is 1.19. The van der Waals surface area contributed by atoms with Gasteiger partial charge in [-0.2, -0.15) is 0 Å². The molecule has 0 aliphatic rings. The summed E-state index contributed by atoms with van der Waals surface area (Å²) in [5.74, 6) is -0.379. The Bertz CT molecular complexity index is 456. The highest BCUT2D eigenvalue weighted by Gasteiger charge is 2.02. The summed E-state index contributed by atoms with van der Waals surface area (Å²) in [5, 5.41) is 0.936. The van der Waals surface area contributed by atoms with E-state index in [2.05, 4.69) is 4.98 Å². The number of pyridine rings is 1. The molecule has 2 rings (SSSR count). The molecule has 82 valence electrons. The van der Waals surface area contributed by atoms with Crippen molar-refractivity contribution < 1.29 is 9.21 Å². The number of hydrogen-bond acceptors (Lipinski definition) is 3. The van der Waals surface area contributed by atoms with Crippen molar-refractivity contribution in [1.29, 1.82) is 0 Å².